The number of ether oxygens (including phenoxy) is 3. The van der Waals surface area contributed by atoms with Crippen molar-refractivity contribution in [2.24, 2.45) is 0 Å². The summed E-state index contributed by atoms with van der Waals surface area (Å²) in [5.74, 6) is -0.926. The zero-order valence-electron chi connectivity index (χ0n) is 26.2. The number of benzene rings is 3. The maximum absolute atomic E-state index is 15.6. The summed E-state index contributed by atoms with van der Waals surface area (Å²) >= 11 is 0. The standard InChI is InChI=1S/C35H40FNO6/c1-18-13-22(41-8)9-10-23(18)33(38)37-15-26-20(3)30(25-14-29(36)28-17-42-12-11-24(28)19(25)2)31(21(4)27(26)16-37)32(34(39)40)43-35(5,6)7/h9-10,13-14,32H,11-12,15-17H2,1-8H3,(H,39,40)/t32-/m0/s1. The van der Waals surface area contributed by atoms with E-state index in [0.29, 0.717) is 59.7 Å². The quantitative estimate of drug-likeness (QED) is 0.337. The van der Waals surface area contributed by atoms with E-state index in [1.807, 2.05) is 54.5 Å². The molecular weight excluding hydrogens is 549 g/mol. The van der Waals surface area contributed by atoms with E-state index in [9.17, 15) is 14.7 Å². The molecule has 0 fully saturated rings. The highest BCUT2D eigenvalue weighted by Crippen LogP contribution is 2.46. The third-order valence-corrected chi connectivity index (χ3v) is 8.72. The van der Waals surface area contributed by atoms with Gasteiger partial charge in [-0.15, -0.1) is 0 Å². The van der Waals surface area contributed by atoms with Gasteiger partial charge in [0.1, 0.15) is 11.6 Å². The van der Waals surface area contributed by atoms with Gasteiger partial charge >= 0.3 is 5.97 Å². The van der Waals surface area contributed by atoms with Gasteiger partial charge in [0, 0.05) is 29.8 Å². The number of nitrogens with zero attached hydrogens (tertiary/aromatic N) is 1. The number of hydrogen-bond acceptors (Lipinski definition) is 5. The van der Waals surface area contributed by atoms with Crippen LogP contribution >= 0.6 is 0 Å². The number of carbonyl (C=O) groups excluding carboxylic acids is 1. The lowest BCUT2D eigenvalue weighted by atomic mass is 9.80. The zero-order valence-corrected chi connectivity index (χ0v) is 26.2. The molecule has 0 bridgehead atoms. The van der Waals surface area contributed by atoms with Gasteiger partial charge in [-0.25, -0.2) is 9.18 Å². The molecule has 0 spiro atoms. The molecule has 1 atom stereocenters. The van der Waals surface area contributed by atoms with Gasteiger partial charge in [-0.3, -0.25) is 4.79 Å². The Hall–Kier alpha value is -3.75. The smallest absolute Gasteiger partial charge is 0.337 e. The van der Waals surface area contributed by atoms with Crippen molar-refractivity contribution in [2.75, 3.05) is 13.7 Å². The number of hydrogen-bond donors (Lipinski definition) is 1. The van der Waals surface area contributed by atoms with Crippen LogP contribution in [0.4, 0.5) is 4.39 Å². The van der Waals surface area contributed by atoms with E-state index in [0.717, 1.165) is 38.9 Å². The second-order valence-corrected chi connectivity index (χ2v) is 12.6. The minimum atomic E-state index is -1.30. The van der Waals surface area contributed by atoms with Gasteiger partial charge in [-0.05, 0) is 129 Å². The van der Waals surface area contributed by atoms with Gasteiger partial charge in [0.2, 0.25) is 0 Å². The number of aryl methyl sites for hydroxylation is 1. The fourth-order valence-corrected chi connectivity index (χ4v) is 6.56. The molecule has 0 saturated carbocycles. The highest BCUT2D eigenvalue weighted by molar-refractivity contribution is 5.96. The number of aliphatic carboxylic acids is 1. The number of halogens is 1. The van der Waals surface area contributed by atoms with Crippen LogP contribution in [0, 0.1) is 33.5 Å². The Bertz CT molecular complexity index is 1640. The van der Waals surface area contributed by atoms with E-state index in [-0.39, 0.29) is 18.3 Å². The molecule has 5 rings (SSSR count). The summed E-state index contributed by atoms with van der Waals surface area (Å²) in [7, 11) is 1.59. The molecule has 8 heteroatoms. The summed E-state index contributed by atoms with van der Waals surface area (Å²) in [6.07, 6.45) is -0.719. The van der Waals surface area contributed by atoms with E-state index in [1.165, 1.54) is 6.07 Å². The van der Waals surface area contributed by atoms with Crippen LogP contribution in [0.5, 0.6) is 5.75 Å². The minimum Gasteiger partial charge on any atom is -0.497 e. The molecule has 1 amide bonds. The van der Waals surface area contributed by atoms with Crippen molar-refractivity contribution in [2.45, 2.75) is 86.3 Å². The van der Waals surface area contributed by atoms with E-state index < -0.39 is 17.7 Å². The fourth-order valence-electron chi connectivity index (χ4n) is 6.56. The second kappa shape index (κ2) is 11.4. The summed E-state index contributed by atoms with van der Waals surface area (Å²) < 4.78 is 32.7. The lowest BCUT2D eigenvalue weighted by molar-refractivity contribution is -0.160. The third-order valence-electron chi connectivity index (χ3n) is 8.72. The van der Waals surface area contributed by atoms with Crippen LogP contribution in [-0.4, -0.2) is 41.2 Å². The lowest BCUT2D eigenvalue weighted by Crippen LogP contribution is -2.29. The van der Waals surface area contributed by atoms with Crippen LogP contribution in [0.25, 0.3) is 11.1 Å². The first-order chi connectivity index (χ1) is 20.2. The van der Waals surface area contributed by atoms with E-state index in [4.69, 9.17) is 14.2 Å². The molecule has 3 aromatic rings. The molecule has 0 unspecified atom stereocenters. The number of carboxylic acids is 1. The number of carbonyl (C=O) groups is 2. The summed E-state index contributed by atoms with van der Waals surface area (Å²) in [6, 6.07) is 6.89. The van der Waals surface area contributed by atoms with E-state index >= 15 is 4.39 Å². The van der Waals surface area contributed by atoms with E-state index in [2.05, 4.69) is 0 Å². The predicted octanol–water partition coefficient (Wildman–Crippen LogP) is 6.90. The Morgan fingerprint density at radius 1 is 0.977 bits per heavy atom. The number of methoxy groups -OCH3 is 1. The maximum atomic E-state index is 15.6. The van der Waals surface area contributed by atoms with Crippen LogP contribution in [0.2, 0.25) is 0 Å². The van der Waals surface area contributed by atoms with Gasteiger partial charge in [0.25, 0.3) is 5.91 Å². The van der Waals surface area contributed by atoms with Crippen molar-refractivity contribution < 1.29 is 33.3 Å². The topological polar surface area (TPSA) is 85.3 Å². The first-order valence-electron chi connectivity index (χ1n) is 14.6. The highest BCUT2D eigenvalue weighted by Gasteiger charge is 2.37. The van der Waals surface area contributed by atoms with Gasteiger partial charge in [-0.1, -0.05) is 0 Å². The monoisotopic (exact) mass is 589 g/mol. The number of fused-ring (bicyclic) bond motifs is 2. The van der Waals surface area contributed by atoms with Crippen LogP contribution in [-0.2, 0) is 40.4 Å². The van der Waals surface area contributed by atoms with Crippen molar-refractivity contribution in [1.82, 2.24) is 4.90 Å². The minimum absolute atomic E-state index is 0.116. The Labute approximate surface area is 252 Å². The van der Waals surface area contributed by atoms with Crippen molar-refractivity contribution in [3.8, 4) is 16.9 Å². The third kappa shape index (κ3) is 5.54. The molecule has 3 aromatic carbocycles. The molecular formula is C35H40FNO6. The summed E-state index contributed by atoms with van der Waals surface area (Å²) in [6.45, 7) is 14.5. The molecule has 0 aliphatic carbocycles. The van der Waals surface area contributed by atoms with Crippen molar-refractivity contribution >= 4 is 11.9 Å². The van der Waals surface area contributed by atoms with Gasteiger partial charge < -0.3 is 24.2 Å². The largest absolute Gasteiger partial charge is 0.497 e. The highest BCUT2D eigenvalue weighted by atomic mass is 19.1. The average molecular weight is 590 g/mol. The Balaban J connectivity index is 1.72. The molecule has 228 valence electrons. The number of carboxylic acid groups (broad SMARTS) is 1. The second-order valence-electron chi connectivity index (χ2n) is 12.6. The summed E-state index contributed by atoms with van der Waals surface area (Å²) in [4.78, 5) is 28.4. The van der Waals surface area contributed by atoms with Gasteiger partial charge in [0.05, 0.1) is 25.9 Å². The van der Waals surface area contributed by atoms with Crippen LogP contribution in [0.15, 0.2) is 24.3 Å². The lowest BCUT2D eigenvalue weighted by Gasteiger charge is -2.31. The first kappa shape index (κ1) is 30.7. The van der Waals surface area contributed by atoms with Crippen molar-refractivity contribution in [1.29, 1.82) is 0 Å². The molecule has 2 aliphatic heterocycles. The van der Waals surface area contributed by atoms with Crippen LogP contribution in [0.3, 0.4) is 0 Å². The molecule has 1 N–H and O–H groups in total. The van der Waals surface area contributed by atoms with E-state index in [1.54, 1.807) is 24.1 Å². The molecule has 0 radical (unpaired) electrons. The van der Waals surface area contributed by atoms with Crippen LogP contribution < -0.4 is 4.74 Å². The number of amides is 1. The fraction of sp³-hybridized carbons (Fsp3) is 0.429. The maximum Gasteiger partial charge on any atom is 0.337 e. The van der Waals surface area contributed by atoms with Crippen LogP contribution in [0.1, 0.15) is 87.3 Å². The average Bonchev–Trinajstić information content (AvgIpc) is 3.41. The van der Waals surface area contributed by atoms with Crippen molar-refractivity contribution in [3.63, 3.8) is 0 Å². The zero-order chi connectivity index (χ0) is 31.4. The molecule has 2 aliphatic rings. The molecule has 43 heavy (non-hydrogen) atoms. The summed E-state index contributed by atoms with van der Waals surface area (Å²) in [5.41, 5.74) is 8.24. The molecule has 7 nitrogen and oxygen atoms in total. The Kier molecular flexibility index (Phi) is 8.13. The Morgan fingerprint density at radius 3 is 2.26 bits per heavy atom. The molecule has 0 saturated heterocycles. The molecule has 0 aromatic heterocycles. The first-order valence-corrected chi connectivity index (χ1v) is 14.6. The van der Waals surface area contributed by atoms with Gasteiger partial charge in [-0.2, -0.15) is 0 Å². The normalized spacial score (nSPS) is 15.2. The summed E-state index contributed by atoms with van der Waals surface area (Å²) in [5, 5.41) is 10.5. The predicted molar refractivity (Wildman–Crippen MR) is 162 cm³/mol. The number of rotatable bonds is 6. The Morgan fingerprint density at radius 2 is 1.65 bits per heavy atom. The molecule has 2 heterocycles. The van der Waals surface area contributed by atoms with Crippen molar-refractivity contribution in [3.05, 3.63) is 85.7 Å². The van der Waals surface area contributed by atoms with Gasteiger partial charge in [0.15, 0.2) is 6.10 Å². The SMILES string of the molecule is COc1ccc(C(=O)N2Cc3c(C)c(-c4cc(F)c5c(c4C)CCOC5)c([C@H](OC(C)(C)C)C(=O)O)c(C)c3C2)c(C)c1.